The summed E-state index contributed by atoms with van der Waals surface area (Å²) in [5, 5.41) is 11.0. The normalized spacial score (nSPS) is 15.9. The molecule has 110 valence electrons. The van der Waals surface area contributed by atoms with Gasteiger partial charge in [-0.25, -0.2) is 4.98 Å². The fraction of sp³-hybridized carbons (Fsp3) is 0.429. The number of ether oxygens (including phenoxy) is 1. The van der Waals surface area contributed by atoms with Gasteiger partial charge in [0.15, 0.2) is 5.69 Å². The van der Waals surface area contributed by atoms with Gasteiger partial charge in [-0.15, -0.1) is 10.2 Å². The van der Waals surface area contributed by atoms with Crippen LogP contribution in [0.2, 0.25) is 0 Å². The average molecular weight is 288 g/mol. The highest BCUT2D eigenvalue weighted by atomic mass is 16.5. The van der Waals surface area contributed by atoms with Crippen LogP contribution in [0, 0.1) is 5.92 Å². The van der Waals surface area contributed by atoms with E-state index in [9.17, 15) is 4.79 Å². The number of carbonyl (C=O) groups is 1. The number of ketones is 1. The number of methoxy groups -OCH3 is 1. The molecule has 0 amide bonds. The molecule has 1 fully saturated rings. The molecular formula is C14H16N4O3. The summed E-state index contributed by atoms with van der Waals surface area (Å²) in [7, 11) is 1.54. The largest absolute Gasteiger partial charge is 0.494 e. The quantitative estimate of drug-likeness (QED) is 0.848. The van der Waals surface area contributed by atoms with E-state index in [1.807, 2.05) is 0 Å². The highest BCUT2D eigenvalue weighted by Gasteiger charge is 2.27. The Kier molecular flexibility index (Phi) is 3.92. The zero-order valence-electron chi connectivity index (χ0n) is 11.7. The van der Waals surface area contributed by atoms with Crippen molar-refractivity contribution in [1.29, 1.82) is 0 Å². The summed E-state index contributed by atoms with van der Waals surface area (Å²) >= 11 is 0. The third-order valence-corrected chi connectivity index (χ3v) is 3.54. The van der Waals surface area contributed by atoms with Crippen molar-refractivity contribution < 1.29 is 13.9 Å². The first-order valence-electron chi connectivity index (χ1n) is 6.87. The molecule has 1 saturated heterocycles. The molecule has 21 heavy (non-hydrogen) atoms. The van der Waals surface area contributed by atoms with Gasteiger partial charge in [-0.3, -0.25) is 4.79 Å². The van der Waals surface area contributed by atoms with Crippen LogP contribution in [0.1, 0.15) is 23.5 Å². The molecule has 1 aliphatic rings. The van der Waals surface area contributed by atoms with E-state index >= 15 is 0 Å². The van der Waals surface area contributed by atoms with Gasteiger partial charge < -0.3 is 14.5 Å². The standard InChI is InChI=1S/C14H16N4O3/c1-20-10-3-2-6-16-11(10)13-17-18-14(21-13)12(19)9-4-7-15-8-5-9/h2-3,6,9,15H,4-5,7-8H2,1H3. The molecule has 3 rings (SSSR count). The van der Waals surface area contributed by atoms with E-state index in [0.717, 1.165) is 25.9 Å². The lowest BCUT2D eigenvalue weighted by Crippen LogP contribution is -2.32. The molecule has 2 aromatic rings. The number of carbonyl (C=O) groups excluding carboxylic acids is 1. The molecule has 2 aromatic heterocycles. The van der Waals surface area contributed by atoms with Gasteiger partial charge in [0, 0.05) is 12.1 Å². The summed E-state index contributed by atoms with van der Waals surface area (Å²) in [6, 6.07) is 3.50. The molecule has 1 N–H and O–H groups in total. The van der Waals surface area contributed by atoms with Gasteiger partial charge in [-0.2, -0.15) is 0 Å². The van der Waals surface area contributed by atoms with Crippen LogP contribution in [-0.4, -0.2) is 41.2 Å². The SMILES string of the molecule is COc1cccnc1-c1nnc(C(=O)C2CCNCC2)o1. The van der Waals surface area contributed by atoms with E-state index in [2.05, 4.69) is 20.5 Å². The van der Waals surface area contributed by atoms with Gasteiger partial charge in [0.1, 0.15) is 5.75 Å². The van der Waals surface area contributed by atoms with E-state index in [1.54, 1.807) is 18.3 Å². The first-order valence-corrected chi connectivity index (χ1v) is 6.87. The molecular weight excluding hydrogens is 272 g/mol. The molecule has 0 spiro atoms. The van der Waals surface area contributed by atoms with Gasteiger partial charge in [0.05, 0.1) is 7.11 Å². The van der Waals surface area contributed by atoms with Crippen LogP contribution >= 0.6 is 0 Å². The average Bonchev–Trinajstić information content (AvgIpc) is 3.04. The molecule has 7 nitrogen and oxygen atoms in total. The van der Waals surface area contributed by atoms with Gasteiger partial charge >= 0.3 is 0 Å². The number of hydrogen-bond donors (Lipinski definition) is 1. The molecule has 0 aliphatic carbocycles. The molecule has 1 aliphatic heterocycles. The second kappa shape index (κ2) is 6.01. The van der Waals surface area contributed by atoms with Crippen LogP contribution < -0.4 is 10.1 Å². The summed E-state index contributed by atoms with van der Waals surface area (Å²) in [4.78, 5) is 16.5. The highest BCUT2D eigenvalue weighted by Crippen LogP contribution is 2.27. The van der Waals surface area contributed by atoms with Gasteiger partial charge in [0.25, 0.3) is 11.8 Å². The maximum absolute atomic E-state index is 12.3. The Balaban J connectivity index is 1.84. The van der Waals surface area contributed by atoms with Crippen LogP contribution in [0.15, 0.2) is 22.7 Å². The lowest BCUT2D eigenvalue weighted by Gasteiger charge is -2.19. The van der Waals surface area contributed by atoms with Crippen molar-refractivity contribution in [2.45, 2.75) is 12.8 Å². The second-order valence-electron chi connectivity index (χ2n) is 4.86. The zero-order chi connectivity index (χ0) is 14.7. The molecule has 0 atom stereocenters. The number of pyridine rings is 1. The Morgan fingerprint density at radius 1 is 1.38 bits per heavy atom. The molecule has 0 bridgehead atoms. The molecule has 0 radical (unpaired) electrons. The Labute approximate surface area is 121 Å². The fourth-order valence-electron chi connectivity index (χ4n) is 2.39. The van der Waals surface area contributed by atoms with Crippen molar-refractivity contribution >= 4 is 5.78 Å². The van der Waals surface area contributed by atoms with Crippen LogP contribution in [0.5, 0.6) is 5.75 Å². The highest BCUT2D eigenvalue weighted by molar-refractivity contribution is 5.93. The molecule has 3 heterocycles. The van der Waals surface area contributed by atoms with Crippen molar-refractivity contribution in [3.63, 3.8) is 0 Å². The van der Waals surface area contributed by atoms with E-state index in [-0.39, 0.29) is 23.5 Å². The minimum Gasteiger partial charge on any atom is -0.494 e. The number of nitrogens with zero attached hydrogens (tertiary/aromatic N) is 3. The minimum absolute atomic E-state index is 0.0459. The number of piperidine rings is 1. The number of hydrogen-bond acceptors (Lipinski definition) is 7. The number of Topliss-reactive ketones (excluding diaryl/α,β-unsaturated/α-hetero) is 1. The van der Waals surface area contributed by atoms with Crippen molar-refractivity contribution in [2.24, 2.45) is 5.92 Å². The van der Waals surface area contributed by atoms with E-state index < -0.39 is 0 Å². The smallest absolute Gasteiger partial charge is 0.284 e. The van der Waals surface area contributed by atoms with Crippen molar-refractivity contribution in [3.05, 3.63) is 24.2 Å². The van der Waals surface area contributed by atoms with Crippen LogP contribution in [0.25, 0.3) is 11.6 Å². The minimum atomic E-state index is -0.0925. The number of aromatic nitrogens is 3. The van der Waals surface area contributed by atoms with Crippen molar-refractivity contribution in [3.8, 4) is 17.3 Å². The lowest BCUT2D eigenvalue weighted by atomic mass is 9.93. The molecule has 0 saturated carbocycles. The predicted octanol–water partition coefficient (Wildman–Crippen LogP) is 1.32. The topological polar surface area (TPSA) is 90.1 Å². The second-order valence-corrected chi connectivity index (χ2v) is 4.86. The molecule has 7 heteroatoms. The van der Waals surface area contributed by atoms with Gasteiger partial charge in [-0.1, -0.05) is 0 Å². The first kappa shape index (κ1) is 13.7. The summed E-state index contributed by atoms with van der Waals surface area (Å²) in [5.41, 5.74) is 0.442. The predicted molar refractivity (Wildman–Crippen MR) is 74.0 cm³/mol. The van der Waals surface area contributed by atoms with Crippen LogP contribution in [0.4, 0.5) is 0 Å². The summed E-state index contributed by atoms with van der Waals surface area (Å²) in [6.45, 7) is 1.68. The van der Waals surface area contributed by atoms with Crippen molar-refractivity contribution in [1.82, 2.24) is 20.5 Å². The third-order valence-electron chi connectivity index (χ3n) is 3.54. The van der Waals surface area contributed by atoms with Gasteiger partial charge in [-0.05, 0) is 38.1 Å². The molecule has 0 aromatic carbocycles. The fourth-order valence-corrected chi connectivity index (χ4v) is 2.39. The Morgan fingerprint density at radius 2 is 2.19 bits per heavy atom. The van der Waals surface area contributed by atoms with E-state index in [4.69, 9.17) is 9.15 Å². The molecule has 0 unspecified atom stereocenters. The maximum atomic E-state index is 12.3. The lowest BCUT2D eigenvalue weighted by molar-refractivity contribution is 0.0859. The number of nitrogens with one attached hydrogen (secondary N) is 1. The van der Waals surface area contributed by atoms with Crippen LogP contribution in [0.3, 0.4) is 0 Å². The number of rotatable bonds is 4. The monoisotopic (exact) mass is 288 g/mol. The van der Waals surface area contributed by atoms with Gasteiger partial charge in [0.2, 0.25) is 5.78 Å². The third kappa shape index (κ3) is 2.78. The summed E-state index contributed by atoms with van der Waals surface area (Å²) in [6.07, 6.45) is 3.20. The van der Waals surface area contributed by atoms with E-state index in [0.29, 0.717) is 11.4 Å². The Hall–Kier alpha value is -2.28. The Morgan fingerprint density at radius 3 is 2.95 bits per heavy atom. The Bertz CT molecular complexity index is 635. The summed E-state index contributed by atoms with van der Waals surface area (Å²) in [5.74, 6) is 0.631. The summed E-state index contributed by atoms with van der Waals surface area (Å²) < 4.78 is 10.7. The van der Waals surface area contributed by atoms with Crippen molar-refractivity contribution in [2.75, 3.05) is 20.2 Å². The zero-order valence-corrected chi connectivity index (χ0v) is 11.7. The maximum Gasteiger partial charge on any atom is 0.284 e. The first-order chi connectivity index (χ1) is 10.3. The van der Waals surface area contributed by atoms with E-state index in [1.165, 1.54) is 7.11 Å². The van der Waals surface area contributed by atoms with Crippen LogP contribution in [-0.2, 0) is 0 Å².